The second-order valence-electron chi connectivity index (χ2n) is 7.56. The Bertz CT molecular complexity index is 985. The minimum absolute atomic E-state index is 0.0287. The second kappa shape index (κ2) is 11.0. The number of alkyl halides is 2. The molecule has 10 nitrogen and oxygen atoms in total. The zero-order chi connectivity index (χ0) is 25.8. The fourth-order valence-electron chi connectivity index (χ4n) is 3.36. The Morgan fingerprint density at radius 1 is 1.26 bits per heavy atom. The summed E-state index contributed by atoms with van der Waals surface area (Å²) in [7, 11) is 1.32. The highest BCUT2D eigenvalue weighted by atomic mass is 35.5. The topological polar surface area (TPSA) is 142 Å². The summed E-state index contributed by atoms with van der Waals surface area (Å²) in [6.45, 7) is 0.131. The number of carbonyl (C=O) groups excluding carboxylic acids is 4. The van der Waals surface area contributed by atoms with Gasteiger partial charge in [0, 0.05) is 12.0 Å². The van der Waals surface area contributed by atoms with Crippen molar-refractivity contribution in [3.63, 3.8) is 0 Å². The maximum atomic E-state index is 14.1. The number of carbonyl (C=O) groups is 5. The molecule has 1 fully saturated rings. The van der Waals surface area contributed by atoms with Crippen molar-refractivity contribution >= 4 is 53.2 Å². The maximum absolute atomic E-state index is 14.1. The van der Waals surface area contributed by atoms with Gasteiger partial charge in [-0.2, -0.15) is 0 Å². The minimum atomic E-state index is -3.41. The number of nitrogens with one attached hydrogen (secondary N) is 2. The Morgan fingerprint density at radius 2 is 1.85 bits per heavy atom. The number of benzene rings is 1. The molecule has 0 aliphatic carbocycles. The third-order valence-corrected chi connectivity index (χ3v) is 5.49. The molecule has 34 heavy (non-hydrogen) atoms. The van der Waals surface area contributed by atoms with E-state index in [1.807, 2.05) is 5.32 Å². The summed E-state index contributed by atoms with van der Waals surface area (Å²) in [6, 6.07) is -2.00. The molecular formula is C20H21Cl2F2N3O7. The van der Waals surface area contributed by atoms with Gasteiger partial charge in [-0.3, -0.25) is 19.2 Å². The van der Waals surface area contributed by atoms with E-state index in [-0.39, 0.29) is 27.6 Å². The number of aliphatic carboxylic acids is 1. The monoisotopic (exact) mass is 523 g/mol. The summed E-state index contributed by atoms with van der Waals surface area (Å²) in [5, 5.41) is 13.2. The number of rotatable bonds is 9. The maximum Gasteiger partial charge on any atom is 0.305 e. The molecular weight excluding hydrogens is 503 g/mol. The number of aldehydes is 1. The van der Waals surface area contributed by atoms with Crippen LogP contribution < -0.4 is 15.4 Å². The molecule has 1 unspecified atom stereocenters. The Balaban J connectivity index is 2.16. The first-order valence-electron chi connectivity index (χ1n) is 9.79. The normalized spacial score (nSPS) is 18.5. The third-order valence-electron chi connectivity index (χ3n) is 4.92. The quantitative estimate of drug-likeness (QED) is 0.416. The van der Waals surface area contributed by atoms with Crippen LogP contribution in [0.15, 0.2) is 12.1 Å². The first-order valence-corrected chi connectivity index (χ1v) is 10.5. The van der Waals surface area contributed by atoms with E-state index in [1.165, 1.54) is 26.2 Å². The Labute approximate surface area is 202 Å². The van der Waals surface area contributed by atoms with Gasteiger partial charge in [-0.15, -0.1) is 0 Å². The van der Waals surface area contributed by atoms with E-state index >= 15 is 0 Å². The van der Waals surface area contributed by atoms with Crippen LogP contribution in [0.25, 0.3) is 0 Å². The van der Waals surface area contributed by atoms with E-state index in [4.69, 9.17) is 33.0 Å². The number of hydrogen-bond acceptors (Lipinski definition) is 6. The molecule has 3 atom stereocenters. The van der Waals surface area contributed by atoms with Gasteiger partial charge < -0.3 is 30.2 Å². The van der Waals surface area contributed by atoms with Crippen molar-refractivity contribution < 1.29 is 42.6 Å². The molecule has 0 radical (unpaired) electrons. The lowest BCUT2D eigenvalue weighted by Crippen LogP contribution is -2.54. The predicted octanol–water partition coefficient (Wildman–Crippen LogP) is 1.51. The predicted molar refractivity (Wildman–Crippen MR) is 115 cm³/mol. The van der Waals surface area contributed by atoms with Crippen LogP contribution in [0, 0.1) is 0 Å². The highest BCUT2D eigenvalue weighted by Crippen LogP contribution is 2.34. The number of ether oxygens (including phenoxy) is 1. The summed E-state index contributed by atoms with van der Waals surface area (Å²) < 4.78 is 33.1. The number of amides is 3. The van der Waals surface area contributed by atoms with Gasteiger partial charge in [-0.25, -0.2) is 8.78 Å². The van der Waals surface area contributed by atoms with Gasteiger partial charge in [0.05, 0.1) is 36.2 Å². The number of carboxylic acid groups (broad SMARTS) is 1. The van der Waals surface area contributed by atoms with Gasteiger partial charge in [0.1, 0.15) is 18.4 Å². The summed E-state index contributed by atoms with van der Waals surface area (Å²) in [6.07, 6.45) is -1.64. The van der Waals surface area contributed by atoms with Crippen LogP contribution >= 0.6 is 23.2 Å². The van der Waals surface area contributed by atoms with E-state index < -0.39 is 67.1 Å². The number of methoxy groups -OCH3 is 1. The zero-order valence-electron chi connectivity index (χ0n) is 17.9. The summed E-state index contributed by atoms with van der Waals surface area (Å²) >= 11 is 12.0. The molecule has 3 amide bonds. The average Bonchev–Trinajstić information content (AvgIpc) is 3.07. The number of hydrogen-bond donors (Lipinski definition) is 3. The Hall–Kier alpha value is -2.99. The van der Waals surface area contributed by atoms with Gasteiger partial charge in [-0.1, -0.05) is 23.2 Å². The molecule has 1 saturated heterocycles. The molecule has 0 aromatic heterocycles. The molecule has 1 aliphatic rings. The number of halogens is 4. The van der Waals surface area contributed by atoms with E-state index in [0.29, 0.717) is 4.90 Å². The van der Waals surface area contributed by atoms with Crippen LogP contribution in [-0.4, -0.2) is 77.7 Å². The van der Waals surface area contributed by atoms with Crippen molar-refractivity contribution in [2.45, 2.75) is 43.8 Å². The van der Waals surface area contributed by atoms with E-state index in [1.54, 1.807) is 0 Å². The Kier molecular flexibility index (Phi) is 8.78. The molecule has 3 N–H and O–H groups in total. The fourth-order valence-corrected chi connectivity index (χ4v) is 4.00. The molecule has 0 saturated carbocycles. The van der Waals surface area contributed by atoms with Crippen LogP contribution in [0.5, 0.6) is 5.75 Å². The highest BCUT2D eigenvalue weighted by molar-refractivity contribution is 6.37. The lowest BCUT2D eigenvalue weighted by molar-refractivity contribution is -0.142. The van der Waals surface area contributed by atoms with Gasteiger partial charge >= 0.3 is 5.97 Å². The van der Waals surface area contributed by atoms with E-state index in [9.17, 15) is 32.8 Å². The molecule has 186 valence electrons. The van der Waals surface area contributed by atoms with Crippen molar-refractivity contribution in [3.8, 4) is 5.75 Å². The molecule has 0 spiro atoms. The van der Waals surface area contributed by atoms with Crippen LogP contribution in [-0.2, 0) is 19.2 Å². The van der Waals surface area contributed by atoms with E-state index in [0.717, 1.165) is 0 Å². The van der Waals surface area contributed by atoms with Gasteiger partial charge in [0.25, 0.3) is 11.8 Å². The lowest BCUT2D eigenvalue weighted by Gasteiger charge is -2.27. The van der Waals surface area contributed by atoms with Gasteiger partial charge in [0.15, 0.2) is 5.75 Å². The first kappa shape index (κ1) is 27.3. The van der Waals surface area contributed by atoms with Gasteiger partial charge in [-0.05, 0) is 19.1 Å². The highest BCUT2D eigenvalue weighted by Gasteiger charge is 2.51. The van der Waals surface area contributed by atoms with Crippen LogP contribution in [0.1, 0.15) is 30.1 Å². The second-order valence-corrected chi connectivity index (χ2v) is 8.37. The summed E-state index contributed by atoms with van der Waals surface area (Å²) in [4.78, 5) is 60.2. The standard InChI is InChI=1S/C20H21Cl2F2N3O7/c1-9(25-17(31)10-3-12(21)16(34-2)13(22)4-10)19(33)27-8-20(23,24)6-14(27)18(32)26-11(7-28)5-15(29)30/h3-4,7,9,11,14H,5-6,8H2,1-2H3,(H,25,31)(H,26,32)(H,29,30)/t9-,11-,14?/m0/s1. The molecule has 1 aromatic carbocycles. The SMILES string of the molecule is COc1c(Cl)cc(C(=O)N[C@@H](C)C(=O)N2CC(F)(F)CC2C(=O)N[C@H](C=O)CC(=O)O)cc1Cl. The molecule has 1 aliphatic heterocycles. The lowest BCUT2D eigenvalue weighted by atomic mass is 10.1. The number of likely N-dealkylation sites (tertiary alicyclic amines) is 1. The van der Waals surface area contributed by atoms with Crippen molar-refractivity contribution in [2.75, 3.05) is 13.7 Å². The molecule has 2 rings (SSSR count). The van der Waals surface area contributed by atoms with E-state index in [2.05, 4.69) is 5.32 Å². The number of carboxylic acids is 1. The average molecular weight is 524 g/mol. The summed E-state index contributed by atoms with van der Waals surface area (Å²) in [5.41, 5.74) is -0.0287. The molecule has 14 heteroatoms. The minimum Gasteiger partial charge on any atom is -0.494 e. The first-order chi connectivity index (χ1) is 15.8. The van der Waals surface area contributed by atoms with Crippen molar-refractivity contribution in [2.24, 2.45) is 0 Å². The van der Waals surface area contributed by atoms with Crippen LogP contribution in [0.2, 0.25) is 10.0 Å². The number of nitrogens with zero attached hydrogens (tertiary/aromatic N) is 1. The Morgan fingerprint density at radius 3 is 2.35 bits per heavy atom. The molecule has 1 aromatic rings. The third kappa shape index (κ3) is 6.54. The van der Waals surface area contributed by atoms with Gasteiger partial charge in [0.2, 0.25) is 11.8 Å². The molecule has 1 heterocycles. The summed E-state index contributed by atoms with van der Waals surface area (Å²) in [5.74, 6) is -7.57. The molecule has 0 bridgehead atoms. The van der Waals surface area contributed by atoms with Crippen molar-refractivity contribution in [3.05, 3.63) is 27.7 Å². The fraction of sp³-hybridized carbons (Fsp3) is 0.450. The zero-order valence-corrected chi connectivity index (χ0v) is 19.5. The van der Waals surface area contributed by atoms with Crippen molar-refractivity contribution in [1.29, 1.82) is 0 Å². The van der Waals surface area contributed by atoms with Crippen molar-refractivity contribution in [1.82, 2.24) is 15.5 Å². The largest absolute Gasteiger partial charge is 0.494 e. The van der Waals surface area contributed by atoms with Crippen LogP contribution in [0.3, 0.4) is 0 Å². The van der Waals surface area contributed by atoms with Crippen LogP contribution in [0.4, 0.5) is 8.78 Å². The smallest absolute Gasteiger partial charge is 0.305 e.